The van der Waals surface area contributed by atoms with Gasteiger partial charge in [0.1, 0.15) is 11.6 Å². The number of carbonyl (C=O) groups excluding carboxylic acids is 1. The van der Waals surface area contributed by atoms with E-state index in [0.29, 0.717) is 25.9 Å². The lowest BCUT2D eigenvalue weighted by Crippen LogP contribution is -2.48. The molecule has 0 radical (unpaired) electrons. The van der Waals surface area contributed by atoms with Gasteiger partial charge in [0.25, 0.3) is 0 Å². The van der Waals surface area contributed by atoms with Gasteiger partial charge in [-0.05, 0) is 37.6 Å². The highest BCUT2D eigenvalue weighted by Gasteiger charge is 2.33. The Morgan fingerprint density at radius 3 is 2.21 bits per heavy atom. The predicted octanol–water partition coefficient (Wildman–Crippen LogP) is 2.99. The van der Waals surface area contributed by atoms with E-state index >= 15 is 0 Å². The van der Waals surface area contributed by atoms with Gasteiger partial charge in [0.05, 0.1) is 13.0 Å². The third-order valence-corrected chi connectivity index (χ3v) is 4.15. The maximum Gasteiger partial charge on any atom is 0.401 e. The Morgan fingerprint density at radius 1 is 1.17 bits per heavy atom. The van der Waals surface area contributed by atoms with Crippen molar-refractivity contribution in [3.05, 3.63) is 35.4 Å². The van der Waals surface area contributed by atoms with Crippen LogP contribution in [-0.2, 0) is 11.2 Å². The highest BCUT2D eigenvalue weighted by atomic mass is 19.4. The summed E-state index contributed by atoms with van der Waals surface area (Å²) in [6, 6.07) is 2.70. The molecule has 0 bridgehead atoms. The number of likely N-dealkylation sites (tertiary alicyclic amines) is 1. The minimum atomic E-state index is -4.25. The molecule has 0 saturated carbocycles. The van der Waals surface area contributed by atoms with Gasteiger partial charge in [-0.25, -0.2) is 8.78 Å². The summed E-state index contributed by atoms with van der Waals surface area (Å²) in [5.74, 6) is -1.77. The number of nitrogens with zero attached hydrogens (tertiary/aromatic N) is 2. The first-order valence-electron chi connectivity index (χ1n) is 7.64. The molecule has 3 nitrogen and oxygen atoms in total. The fourth-order valence-corrected chi connectivity index (χ4v) is 2.97. The molecule has 24 heavy (non-hydrogen) atoms. The number of alkyl halides is 3. The van der Waals surface area contributed by atoms with E-state index < -0.39 is 24.4 Å². The smallest absolute Gasteiger partial charge is 0.342 e. The molecule has 0 aromatic heterocycles. The molecule has 1 aromatic carbocycles. The third kappa shape index (κ3) is 5.43. The van der Waals surface area contributed by atoms with Crippen LogP contribution in [0.5, 0.6) is 0 Å². The summed E-state index contributed by atoms with van der Waals surface area (Å²) >= 11 is 0. The second kappa shape index (κ2) is 7.46. The molecule has 1 aromatic rings. The van der Waals surface area contributed by atoms with E-state index in [1.54, 1.807) is 0 Å². The highest BCUT2D eigenvalue weighted by Crippen LogP contribution is 2.22. The Hall–Kier alpha value is -1.70. The number of amides is 1. The van der Waals surface area contributed by atoms with E-state index in [-0.39, 0.29) is 23.9 Å². The average molecular weight is 350 g/mol. The monoisotopic (exact) mass is 350 g/mol. The van der Waals surface area contributed by atoms with Crippen LogP contribution in [0.4, 0.5) is 22.0 Å². The predicted molar refractivity (Wildman–Crippen MR) is 78.3 cm³/mol. The maximum atomic E-state index is 13.1. The lowest BCUT2D eigenvalue weighted by molar-refractivity contribution is -0.150. The Morgan fingerprint density at radius 2 is 1.71 bits per heavy atom. The summed E-state index contributed by atoms with van der Waals surface area (Å²) in [5, 5.41) is 0. The van der Waals surface area contributed by atoms with Crippen LogP contribution in [-0.4, -0.2) is 54.6 Å². The maximum absolute atomic E-state index is 13.1. The molecule has 0 atom stereocenters. The second-order valence-corrected chi connectivity index (χ2v) is 6.10. The van der Waals surface area contributed by atoms with Crippen molar-refractivity contribution in [2.24, 2.45) is 0 Å². The molecule has 1 aliphatic heterocycles. The van der Waals surface area contributed by atoms with Crippen molar-refractivity contribution in [2.45, 2.75) is 31.5 Å². The largest absolute Gasteiger partial charge is 0.401 e. The van der Waals surface area contributed by atoms with Gasteiger partial charge < -0.3 is 4.90 Å². The lowest BCUT2D eigenvalue weighted by Gasteiger charge is -2.37. The number of piperidine rings is 1. The van der Waals surface area contributed by atoms with Gasteiger partial charge in [0, 0.05) is 25.2 Å². The molecule has 0 N–H and O–H groups in total. The van der Waals surface area contributed by atoms with Gasteiger partial charge in [0.2, 0.25) is 5.91 Å². The third-order valence-electron chi connectivity index (χ3n) is 4.15. The number of halogens is 5. The van der Waals surface area contributed by atoms with Crippen molar-refractivity contribution in [1.29, 1.82) is 0 Å². The molecule has 1 saturated heterocycles. The molecule has 1 amide bonds. The zero-order valence-corrected chi connectivity index (χ0v) is 13.2. The van der Waals surface area contributed by atoms with Gasteiger partial charge in [-0.15, -0.1) is 0 Å². The molecule has 8 heteroatoms. The van der Waals surface area contributed by atoms with Gasteiger partial charge in [-0.1, -0.05) is 0 Å². The number of carbonyl (C=O) groups is 1. The van der Waals surface area contributed by atoms with Crippen molar-refractivity contribution >= 4 is 5.91 Å². The van der Waals surface area contributed by atoms with E-state index in [2.05, 4.69) is 0 Å². The molecule has 2 rings (SSSR count). The van der Waals surface area contributed by atoms with Gasteiger partial charge in [-0.3, -0.25) is 9.69 Å². The average Bonchev–Trinajstić information content (AvgIpc) is 2.44. The molecular formula is C16H19F5N2O. The summed E-state index contributed by atoms with van der Waals surface area (Å²) in [4.78, 5) is 15.0. The van der Waals surface area contributed by atoms with Crippen molar-refractivity contribution < 1.29 is 26.7 Å². The van der Waals surface area contributed by atoms with E-state index in [1.807, 2.05) is 0 Å². The molecule has 0 aliphatic carbocycles. The molecule has 1 fully saturated rings. The molecule has 1 heterocycles. The van der Waals surface area contributed by atoms with Crippen LogP contribution in [0.15, 0.2) is 18.2 Å². The molecule has 1 aliphatic rings. The Bertz CT molecular complexity index is 562. The van der Waals surface area contributed by atoms with Gasteiger partial charge in [0.15, 0.2) is 0 Å². The first kappa shape index (κ1) is 18.6. The van der Waals surface area contributed by atoms with Crippen molar-refractivity contribution in [2.75, 3.05) is 26.7 Å². The molecular weight excluding hydrogens is 331 g/mol. The Balaban J connectivity index is 1.86. The fraction of sp³-hybridized carbons (Fsp3) is 0.562. The summed E-state index contributed by atoms with van der Waals surface area (Å²) in [5.41, 5.74) is 0.244. The number of benzene rings is 1. The SMILES string of the molecule is CN(CC(F)(F)F)C1CCN(C(=O)Cc2cc(F)cc(F)c2)CC1. The van der Waals surface area contributed by atoms with Crippen LogP contribution in [0.25, 0.3) is 0 Å². The van der Waals surface area contributed by atoms with Crippen LogP contribution < -0.4 is 0 Å². The van der Waals surface area contributed by atoms with Crippen molar-refractivity contribution in [1.82, 2.24) is 9.80 Å². The molecule has 134 valence electrons. The van der Waals surface area contributed by atoms with Crippen LogP contribution in [0.2, 0.25) is 0 Å². The van der Waals surface area contributed by atoms with Gasteiger partial charge >= 0.3 is 6.18 Å². The standard InChI is InChI=1S/C16H19F5N2O/c1-22(10-16(19,20)21)14-2-4-23(5-3-14)15(24)8-11-6-12(17)9-13(18)7-11/h6-7,9,14H,2-5,8,10H2,1H3. The van der Waals surface area contributed by atoms with Gasteiger partial charge in [-0.2, -0.15) is 13.2 Å². The zero-order valence-electron chi connectivity index (χ0n) is 13.2. The van der Waals surface area contributed by atoms with E-state index in [4.69, 9.17) is 0 Å². The lowest BCUT2D eigenvalue weighted by atomic mass is 10.0. The first-order valence-corrected chi connectivity index (χ1v) is 7.64. The summed E-state index contributed by atoms with van der Waals surface area (Å²) < 4.78 is 63.5. The van der Waals surface area contributed by atoms with Crippen LogP contribution in [0.1, 0.15) is 18.4 Å². The first-order chi connectivity index (χ1) is 11.1. The van der Waals surface area contributed by atoms with E-state index in [0.717, 1.165) is 18.2 Å². The van der Waals surface area contributed by atoms with Crippen LogP contribution in [0, 0.1) is 11.6 Å². The number of hydrogen-bond acceptors (Lipinski definition) is 2. The quantitative estimate of drug-likeness (QED) is 0.780. The van der Waals surface area contributed by atoms with Crippen molar-refractivity contribution in [3.63, 3.8) is 0 Å². The van der Waals surface area contributed by atoms with E-state index in [1.165, 1.54) is 16.8 Å². The van der Waals surface area contributed by atoms with Crippen LogP contribution in [0.3, 0.4) is 0 Å². The normalized spacial score (nSPS) is 16.7. The number of rotatable bonds is 4. The minimum Gasteiger partial charge on any atom is -0.342 e. The molecule has 0 spiro atoms. The second-order valence-electron chi connectivity index (χ2n) is 6.10. The Kier molecular flexibility index (Phi) is 5.79. The van der Waals surface area contributed by atoms with E-state index in [9.17, 15) is 26.7 Å². The topological polar surface area (TPSA) is 23.6 Å². The Labute approximate surface area is 137 Å². The van der Waals surface area contributed by atoms with Crippen LogP contribution >= 0.6 is 0 Å². The summed E-state index contributed by atoms with van der Waals surface area (Å²) in [7, 11) is 1.42. The number of hydrogen-bond donors (Lipinski definition) is 0. The minimum absolute atomic E-state index is 0.127. The molecule has 0 unspecified atom stereocenters. The summed E-state index contributed by atoms with van der Waals surface area (Å²) in [6.45, 7) is -0.304. The highest BCUT2D eigenvalue weighted by molar-refractivity contribution is 5.78. The zero-order chi connectivity index (χ0) is 17.9. The summed E-state index contributed by atoms with van der Waals surface area (Å²) in [6.07, 6.45) is -3.49. The van der Waals surface area contributed by atoms with Crippen molar-refractivity contribution in [3.8, 4) is 0 Å². The fourth-order valence-electron chi connectivity index (χ4n) is 2.97.